The summed E-state index contributed by atoms with van der Waals surface area (Å²) in [6, 6.07) is 8.37. The summed E-state index contributed by atoms with van der Waals surface area (Å²) in [5.41, 5.74) is 5.35. The number of hydrogen-bond donors (Lipinski definition) is 2. The van der Waals surface area contributed by atoms with Crippen molar-refractivity contribution in [2.24, 2.45) is 0 Å². The lowest BCUT2D eigenvalue weighted by atomic mass is 10.1. The lowest BCUT2D eigenvalue weighted by molar-refractivity contribution is -0.145. The molecule has 1 aromatic rings. The molecular weight excluding hydrogens is 298 g/mol. The standard InChI is InChI=1S/C16H21N3O4/c1-16(2)22-12-8-9-19(10-13(12)23-16)15(21)18-17-14(20)11-6-4-3-5-7-11/h3-7,12-13H,8-10H2,1-2H3,(H,17,20)(H,18,21). The van der Waals surface area contributed by atoms with Gasteiger partial charge >= 0.3 is 6.03 Å². The van der Waals surface area contributed by atoms with Crippen LogP contribution in [0.25, 0.3) is 0 Å². The van der Waals surface area contributed by atoms with Crippen molar-refractivity contribution in [3.05, 3.63) is 35.9 Å². The molecule has 2 N–H and O–H groups in total. The molecule has 0 radical (unpaired) electrons. The second-order valence-electron chi connectivity index (χ2n) is 6.20. The second kappa shape index (κ2) is 6.17. The van der Waals surface area contributed by atoms with Crippen LogP contribution in [-0.4, -0.2) is 47.9 Å². The fraction of sp³-hybridized carbons (Fsp3) is 0.500. The van der Waals surface area contributed by atoms with Crippen LogP contribution in [0.3, 0.4) is 0 Å². The number of fused-ring (bicyclic) bond motifs is 1. The molecule has 2 saturated heterocycles. The van der Waals surface area contributed by atoms with E-state index in [9.17, 15) is 9.59 Å². The Hall–Kier alpha value is -2.12. The lowest BCUT2D eigenvalue weighted by Gasteiger charge is -2.32. The third kappa shape index (κ3) is 3.62. The summed E-state index contributed by atoms with van der Waals surface area (Å²) in [6.07, 6.45) is 0.607. The number of nitrogens with one attached hydrogen (secondary N) is 2. The molecule has 0 aliphatic carbocycles. The number of hydrogen-bond acceptors (Lipinski definition) is 4. The summed E-state index contributed by atoms with van der Waals surface area (Å²) < 4.78 is 11.6. The van der Waals surface area contributed by atoms with E-state index in [0.29, 0.717) is 25.1 Å². The van der Waals surface area contributed by atoms with Crippen LogP contribution in [-0.2, 0) is 9.47 Å². The van der Waals surface area contributed by atoms with Gasteiger partial charge in [-0.2, -0.15) is 0 Å². The zero-order chi connectivity index (χ0) is 16.4. The van der Waals surface area contributed by atoms with Crippen molar-refractivity contribution in [2.45, 2.75) is 38.3 Å². The number of likely N-dealkylation sites (tertiary alicyclic amines) is 1. The molecule has 1 aromatic carbocycles. The van der Waals surface area contributed by atoms with E-state index >= 15 is 0 Å². The van der Waals surface area contributed by atoms with Gasteiger partial charge in [0.2, 0.25) is 0 Å². The molecule has 2 fully saturated rings. The lowest BCUT2D eigenvalue weighted by Crippen LogP contribution is -2.54. The molecule has 7 heteroatoms. The molecule has 3 amide bonds. The van der Waals surface area contributed by atoms with Crippen molar-refractivity contribution in [3.63, 3.8) is 0 Å². The van der Waals surface area contributed by atoms with Crippen molar-refractivity contribution in [1.29, 1.82) is 0 Å². The first-order valence-electron chi connectivity index (χ1n) is 7.70. The van der Waals surface area contributed by atoms with Crippen molar-refractivity contribution in [2.75, 3.05) is 13.1 Å². The van der Waals surface area contributed by atoms with Gasteiger partial charge in [0.1, 0.15) is 6.10 Å². The second-order valence-corrected chi connectivity index (χ2v) is 6.20. The van der Waals surface area contributed by atoms with Crippen LogP contribution in [0.4, 0.5) is 4.79 Å². The zero-order valence-electron chi connectivity index (χ0n) is 13.2. The third-order valence-corrected chi connectivity index (χ3v) is 3.98. The van der Waals surface area contributed by atoms with Gasteiger partial charge in [-0.05, 0) is 32.4 Å². The van der Waals surface area contributed by atoms with E-state index in [4.69, 9.17) is 9.47 Å². The number of nitrogens with zero attached hydrogens (tertiary/aromatic N) is 1. The van der Waals surface area contributed by atoms with E-state index < -0.39 is 5.79 Å². The van der Waals surface area contributed by atoms with Crippen LogP contribution < -0.4 is 10.9 Å². The molecule has 2 unspecified atom stereocenters. The van der Waals surface area contributed by atoms with Gasteiger partial charge in [0, 0.05) is 12.1 Å². The summed E-state index contributed by atoms with van der Waals surface area (Å²) in [5.74, 6) is -0.959. The zero-order valence-corrected chi connectivity index (χ0v) is 13.2. The first kappa shape index (κ1) is 15.8. The number of carbonyl (C=O) groups is 2. The molecule has 3 rings (SSSR count). The number of amides is 3. The van der Waals surface area contributed by atoms with Crippen LogP contribution in [0.5, 0.6) is 0 Å². The molecule has 2 atom stereocenters. The first-order chi connectivity index (χ1) is 10.9. The normalized spacial score (nSPS) is 25.6. The molecule has 124 valence electrons. The highest BCUT2D eigenvalue weighted by Gasteiger charge is 2.44. The van der Waals surface area contributed by atoms with E-state index in [1.807, 2.05) is 19.9 Å². The number of urea groups is 1. The minimum atomic E-state index is -0.608. The van der Waals surface area contributed by atoms with Crippen LogP contribution in [0.2, 0.25) is 0 Å². The fourth-order valence-corrected chi connectivity index (χ4v) is 2.94. The van der Waals surface area contributed by atoms with E-state index in [0.717, 1.165) is 0 Å². The van der Waals surface area contributed by atoms with Gasteiger partial charge in [-0.15, -0.1) is 0 Å². The average molecular weight is 319 g/mol. The Kier molecular flexibility index (Phi) is 4.23. The summed E-state index contributed by atoms with van der Waals surface area (Å²) in [4.78, 5) is 25.7. The Morgan fingerprint density at radius 3 is 2.57 bits per heavy atom. The Bertz CT molecular complexity index is 590. The van der Waals surface area contributed by atoms with Gasteiger partial charge in [-0.3, -0.25) is 10.2 Å². The highest BCUT2D eigenvalue weighted by atomic mass is 16.8. The van der Waals surface area contributed by atoms with Gasteiger partial charge in [0.05, 0.1) is 12.6 Å². The SMILES string of the molecule is CC1(C)OC2CCN(C(=O)NNC(=O)c3ccccc3)CC2O1. The summed E-state index contributed by atoms with van der Waals surface area (Å²) >= 11 is 0. The molecule has 23 heavy (non-hydrogen) atoms. The minimum Gasteiger partial charge on any atom is -0.344 e. The monoisotopic (exact) mass is 319 g/mol. The predicted molar refractivity (Wildman–Crippen MR) is 82.5 cm³/mol. The van der Waals surface area contributed by atoms with Crippen molar-refractivity contribution < 1.29 is 19.1 Å². The number of benzene rings is 1. The summed E-state index contributed by atoms with van der Waals surface area (Å²) in [7, 11) is 0. The Morgan fingerprint density at radius 1 is 1.13 bits per heavy atom. The molecule has 2 aliphatic rings. The number of carbonyl (C=O) groups excluding carboxylic acids is 2. The Balaban J connectivity index is 1.51. The molecule has 0 aromatic heterocycles. The number of hydrazine groups is 1. The molecule has 2 heterocycles. The van der Waals surface area contributed by atoms with E-state index in [2.05, 4.69) is 10.9 Å². The van der Waals surface area contributed by atoms with Crippen molar-refractivity contribution >= 4 is 11.9 Å². The first-order valence-corrected chi connectivity index (χ1v) is 7.70. The molecule has 7 nitrogen and oxygen atoms in total. The highest BCUT2D eigenvalue weighted by molar-refractivity contribution is 5.95. The Morgan fingerprint density at radius 2 is 1.83 bits per heavy atom. The van der Waals surface area contributed by atoms with Crippen LogP contribution >= 0.6 is 0 Å². The maximum absolute atomic E-state index is 12.2. The van der Waals surface area contributed by atoms with Gasteiger partial charge < -0.3 is 14.4 Å². The molecule has 0 spiro atoms. The minimum absolute atomic E-state index is 0.0213. The van der Waals surface area contributed by atoms with Crippen molar-refractivity contribution in [1.82, 2.24) is 15.8 Å². The molecule has 2 aliphatic heterocycles. The fourth-order valence-electron chi connectivity index (χ4n) is 2.94. The molecule has 0 bridgehead atoms. The maximum atomic E-state index is 12.2. The van der Waals surface area contributed by atoms with Crippen LogP contribution in [0.1, 0.15) is 30.6 Å². The van der Waals surface area contributed by atoms with E-state index in [1.54, 1.807) is 29.2 Å². The van der Waals surface area contributed by atoms with Gasteiger partial charge in [-0.1, -0.05) is 18.2 Å². The summed E-state index contributed by atoms with van der Waals surface area (Å²) in [6.45, 7) is 4.75. The predicted octanol–water partition coefficient (Wildman–Crippen LogP) is 1.27. The quantitative estimate of drug-likeness (QED) is 0.764. The highest BCUT2D eigenvalue weighted by Crippen LogP contribution is 2.32. The largest absolute Gasteiger partial charge is 0.344 e. The van der Waals surface area contributed by atoms with Gasteiger partial charge in [0.15, 0.2) is 5.79 Å². The number of piperidine rings is 1. The summed E-state index contributed by atoms with van der Waals surface area (Å²) in [5, 5.41) is 0. The Labute approximate surface area is 134 Å². The van der Waals surface area contributed by atoms with Gasteiger partial charge in [0.25, 0.3) is 5.91 Å². The third-order valence-electron chi connectivity index (χ3n) is 3.98. The van der Waals surface area contributed by atoms with E-state index in [1.165, 1.54) is 0 Å². The van der Waals surface area contributed by atoms with E-state index in [-0.39, 0.29) is 24.1 Å². The number of ether oxygens (including phenoxy) is 2. The molecular formula is C16H21N3O4. The smallest absolute Gasteiger partial charge is 0.336 e. The maximum Gasteiger partial charge on any atom is 0.336 e. The number of rotatable bonds is 1. The molecule has 0 saturated carbocycles. The topological polar surface area (TPSA) is 79.9 Å². The van der Waals surface area contributed by atoms with Gasteiger partial charge in [-0.25, -0.2) is 10.2 Å². The van der Waals surface area contributed by atoms with Crippen LogP contribution in [0.15, 0.2) is 30.3 Å². The average Bonchev–Trinajstić information content (AvgIpc) is 2.85. The van der Waals surface area contributed by atoms with Crippen molar-refractivity contribution in [3.8, 4) is 0 Å². The van der Waals surface area contributed by atoms with Crippen LogP contribution in [0, 0.1) is 0 Å².